The van der Waals surface area contributed by atoms with Gasteiger partial charge in [0.25, 0.3) is 0 Å². The van der Waals surface area contributed by atoms with Crippen LogP contribution in [0.15, 0.2) is 58.1 Å². The monoisotopic (exact) mass is 448 g/mol. The van der Waals surface area contributed by atoms with Crippen LogP contribution < -0.4 is 11.1 Å². The van der Waals surface area contributed by atoms with E-state index in [0.29, 0.717) is 30.7 Å². The Bertz CT molecular complexity index is 1240. The van der Waals surface area contributed by atoms with Gasteiger partial charge in [-0.1, -0.05) is 48.9 Å². The number of hydrogen-bond donors (Lipinski definition) is 0. The summed E-state index contributed by atoms with van der Waals surface area (Å²) in [5.41, 5.74) is 2.33. The molecule has 1 amide bonds. The number of carbonyl (C=O) groups excluding carboxylic acids is 1. The van der Waals surface area contributed by atoms with E-state index in [1.54, 1.807) is 0 Å². The molecule has 4 rings (SSSR count). The molecule has 174 valence electrons. The standard InChI is InChI=1S/C26H32N4O3/c1-3-13-27-15-17-28(18-16-27)24(31)12-14-29-22-6-4-5-7-23(22)30(26(33)25(29)32)19-21-10-8-20(2)9-11-21/h4-11H,3,12-19H2,1-2H3. The molecule has 1 aliphatic rings. The molecule has 1 fully saturated rings. The van der Waals surface area contributed by atoms with Crippen LogP contribution in [0.25, 0.3) is 11.0 Å². The maximum atomic E-state index is 13.0. The van der Waals surface area contributed by atoms with E-state index >= 15 is 0 Å². The molecule has 0 spiro atoms. The summed E-state index contributed by atoms with van der Waals surface area (Å²) in [4.78, 5) is 43.2. The van der Waals surface area contributed by atoms with Crippen molar-refractivity contribution in [3.8, 4) is 0 Å². The van der Waals surface area contributed by atoms with Crippen molar-refractivity contribution < 1.29 is 4.79 Å². The lowest BCUT2D eigenvalue weighted by atomic mass is 10.1. The van der Waals surface area contributed by atoms with E-state index in [-0.39, 0.29) is 18.9 Å². The van der Waals surface area contributed by atoms with Crippen LogP contribution >= 0.6 is 0 Å². The zero-order valence-corrected chi connectivity index (χ0v) is 19.5. The van der Waals surface area contributed by atoms with E-state index in [9.17, 15) is 14.4 Å². The first kappa shape index (κ1) is 23.0. The summed E-state index contributed by atoms with van der Waals surface area (Å²) in [7, 11) is 0. The molecule has 7 nitrogen and oxygen atoms in total. The van der Waals surface area contributed by atoms with Crippen molar-refractivity contribution in [1.29, 1.82) is 0 Å². The maximum absolute atomic E-state index is 13.0. The predicted molar refractivity (Wildman–Crippen MR) is 131 cm³/mol. The molecule has 2 aromatic carbocycles. The first-order valence-electron chi connectivity index (χ1n) is 11.8. The number of aromatic nitrogens is 2. The summed E-state index contributed by atoms with van der Waals surface area (Å²) in [6, 6.07) is 15.4. The summed E-state index contributed by atoms with van der Waals surface area (Å²) < 4.78 is 3.00. The van der Waals surface area contributed by atoms with Crippen LogP contribution in [-0.2, 0) is 17.9 Å². The number of carbonyl (C=O) groups is 1. The Morgan fingerprint density at radius 1 is 0.818 bits per heavy atom. The lowest BCUT2D eigenvalue weighted by Crippen LogP contribution is -2.49. The Morgan fingerprint density at radius 2 is 1.42 bits per heavy atom. The third-order valence-electron chi connectivity index (χ3n) is 6.41. The van der Waals surface area contributed by atoms with E-state index in [4.69, 9.17) is 0 Å². The number of amides is 1. The molecule has 0 saturated carbocycles. The van der Waals surface area contributed by atoms with Crippen molar-refractivity contribution in [2.24, 2.45) is 0 Å². The van der Waals surface area contributed by atoms with Crippen molar-refractivity contribution in [3.05, 3.63) is 80.4 Å². The van der Waals surface area contributed by atoms with Gasteiger partial charge in [-0.25, -0.2) is 0 Å². The quantitative estimate of drug-likeness (QED) is 0.521. The first-order chi connectivity index (χ1) is 16.0. The molecule has 0 unspecified atom stereocenters. The Kier molecular flexibility index (Phi) is 7.08. The number of hydrogen-bond acceptors (Lipinski definition) is 4. The largest absolute Gasteiger partial charge is 0.340 e. The fraction of sp³-hybridized carbons (Fsp3) is 0.423. The van der Waals surface area contributed by atoms with E-state index < -0.39 is 11.1 Å². The minimum absolute atomic E-state index is 0.0333. The highest BCUT2D eigenvalue weighted by Crippen LogP contribution is 2.14. The highest BCUT2D eigenvalue weighted by molar-refractivity contribution is 5.77. The van der Waals surface area contributed by atoms with Crippen LogP contribution in [0.2, 0.25) is 0 Å². The van der Waals surface area contributed by atoms with Gasteiger partial charge in [-0.05, 0) is 37.6 Å². The van der Waals surface area contributed by atoms with Gasteiger partial charge < -0.3 is 9.47 Å². The first-order valence-corrected chi connectivity index (χ1v) is 11.8. The van der Waals surface area contributed by atoms with Gasteiger partial charge >= 0.3 is 11.1 Å². The van der Waals surface area contributed by atoms with Crippen LogP contribution in [0.1, 0.15) is 30.9 Å². The summed E-state index contributed by atoms with van der Waals surface area (Å²) >= 11 is 0. The second-order valence-corrected chi connectivity index (χ2v) is 8.79. The zero-order chi connectivity index (χ0) is 23.4. The van der Waals surface area contributed by atoms with Gasteiger partial charge in [0.05, 0.1) is 17.6 Å². The van der Waals surface area contributed by atoms with Gasteiger partial charge in [0.15, 0.2) is 0 Å². The summed E-state index contributed by atoms with van der Waals surface area (Å²) in [5, 5.41) is 0. The molecule has 1 aliphatic heterocycles. The number of para-hydroxylation sites is 2. The predicted octanol–water partition coefficient (Wildman–Crippen LogP) is 2.46. The average Bonchev–Trinajstić information content (AvgIpc) is 2.83. The van der Waals surface area contributed by atoms with Crippen molar-refractivity contribution in [3.63, 3.8) is 0 Å². The van der Waals surface area contributed by atoms with E-state index in [1.807, 2.05) is 60.4 Å². The number of rotatable bonds is 7. The van der Waals surface area contributed by atoms with Gasteiger partial charge in [0.2, 0.25) is 5.91 Å². The fourth-order valence-electron chi connectivity index (χ4n) is 4.53. The third kappa shape index (κ3) is 5.09. The molecule has 0 N–H and O–H groups in total. The molecule has 33 heavy (non-hydrogen) atoms. The molecule has 2 heterocycles. The van der Waals surface area contributed by atoms with E-state index in [2.05, 4.69) is 11.8 Å². The van der Waals surface area contributed by atoms with E-state index in [1.165, 1.54) is 9.13 Å². The summed E-state index contributed by atoms with van der Waals surface area (Å²) in [5.74, 6) is 0.0333. The van der Waals surface area contributed by atoms with Gasteiger partial charge in [0.1, 0.15) is 0 Å². The maximum Gasteiger partial charge on any atom is 0.317 e. The van der Waals surface area contributed by atoms with Crippen molar-refractivity contribution >= 4 is 16.9 Å². The minimum atomic E-state index is -0.582. The van der Waals surface area contributed by atoms with Gasteiger partial charge in [0, 0.05) is 39.1 Å². The summed E-state index contributed by atoms with van der Waals surface area (Å²) in [6.07, 6.45) is 1.32. The summed E-state index contributed by atoms with van der Waals surface area (Å²) in [6.45, 7) is 8.97. The van der Waals surface area contributed by atoms with Crippen LogP contribution in [0.5, 0.6) is 0 Å². The Morgan fingerprint density at radius 3 is 2.06 bits per heavy atom. The number of piperazine rings is 1. The van der Waals surface area contributed by atoms with Crippen LogP contribution in [0, 0.1) is 6.92 Å². The Balaban J connectivity index is 1.56. The van der Waals surface area contributed by atoms with E-state index in [0.717, 1.165) is 37.2 Å². The molecule has 0 atom stereocenters. The highest BCUT2D eigenvalue weighted by atomic mass is 16.2. The van der Waals surface area contributed by atoms with Crippen LogP contribution in [0.3, 0.4) is 0 Å². The van der Waals surface area contributed by atoms with Crippen LogP contribution in [-0.4, -0.2) is 57.6 Å². The number of aryl methyl sites for hydroxylation is 2. The van der Waals surface area contributed by atoms with Crippen molar-refractivity contribution in [1.82, 2.24) is 18.9 Å². The molecule has 1 saturated heterocycles. The van der Waals surface area contributed by atoms with Gasteiger partial charge in [-0.3, -0.25) is 23.9 Å². The molecular formula is C26H32N4O3. The number of benzene rings is 2. The molecule has 1 aromatic heterocycles. The molecule has 0 bridgehead atoms. The Labute approximate surface area is 193 Å². The fourth-order valence-corrected chi connectivity index (χ4v) is 4.53. The Hall–Kier alpha value is -3.19. The second kappa shape index (κ2) is 10.2. The number of fused-ring (bicyclic) bond motifs is 1. The minimum Gasteiger partial charge on any atom is -0.340 e. The third-order valence-corrected chi connectivity index (χ3v) is 6.41. The molecular weight excluding hydrogens is 416 g/mol. The topological polar surface area (TPSA) is 67.5 Å². The highest BCUT2D eigenvalue weighted by Gasteiger charge is 2.21. The lowest BCUT2D eigenvalue weighted by Gasteiger charge is -2.34. The van der Waals surface area contributed by atoms with Gasteiger partial charge in [-0.2, -0.15) is 0 Å². The number of nitrogens with zero attached hydrogens (tertiary/aromatic N) is 4. The smallest absolute Gasteiger partial charge is 0.317 e. The molecule has 0 radical (unpaired) electrons. The zero-order valence-electron chi connectivity index (χ0n) is 19.5. The SMILES string of the molecule is CCCN1CCN(C(=O)CCn2c(=O)c(=O)n(Cc3ccc(C)cc3)c3ccccc32)CC1. The van der Waals surface area contributed by atoms with Gasteiger partial charge in [-0.15, -0.1) is 0 Å². The second-order valence-electron chi connectivity index (χ2n) is 8.79. The van der Waals surface area contributed by atoms with Crippen molar-refractivity contribution in [2.75, 3.05) is 32.7 Å². The molecule has 0 aliphatic carbocycles. The lowest BCUT2D eigenvalue weighted by molar-refractivity contribution is -0.133. The van der Waals surface area contributed by atoms with Crippen LogP contribution in [0.4, 0.5) is 0 Å². The normalized spacial score (nSPS) is 14.7. The van der Waals surface area contributed by atoms with Crippen molar-refractivity contribution in [2.45, 2.75) is 39.8 Å². The molecule has 3 aromatic rings. The molecule has 7 heteroatoms. The average molecular weight is 449 g/mol.